The number of hydrogen-bond acceptors (Lipinski definition) is 5. The average molecular weight is 449 g/mol. The first-order chi connectivity index (χ1) is 16.0. The lowest BCUT2D eigenvalue weighted by atomic mass is 9.89. The summed E-state index contributed by atoms with van der Waals surface area (Å²) in [6.45, 7) is 0.465. The van der Waals surface area contributed by atoms with E-state index in [-0.39, 0.29) is 35.6 Å². The number of nitrogens with one attached hydrogen (secondary N) is 2. The van der Waals surface area contributed by atoms with Crippen LogP contribution < -0.4 is 10.6 Å². The summed E-state index contributed by atoms with van der Waals surface area (Å²) < 4.78 is 14.9. The van der Waals surface area contributed by atoms with Crippen LogP contribution >= 0.6 is 0 Å². The molecule has 3 atom stereocenters. The molecule has 1 aliphatic carbocycles. The first-order valence-electron chi connectivity index (χ1n) is 11.3. The van der Waals surface area contributed by atoms with Crippen molar-refractivity contribution in [1.29, 1.82) is 0 Å². The Morgan fingerprint density at radius 2 is 1.76 bits per heavy atom. The van der Waals surface area contributed by atoms with Crippen molar-refractivity contribution in [3.05, 3.63) is 65.0 Å². The maximum atomic E-state index is 14.9. The van der Waals surface area contributed by atoms with Gasteiger partial charge in [0.15, 0.2) is 0 Å². The summed E-state index contributed by atoms with van der Waals surface area (Å²) in [6, 6.07) is 11.6. The Bertz CT molecular complexity index is 1150. The van der Waals surface area contributed by atoms with E-state index in [2.05, 4.69) is 22.8 Å². The predicted octanol–water partition coefficient (Wildman–Crippen LogP) is 3.22. The predicted molar refractivity (Wildman–Crippen MR) is 118 cm³/mol. The van der Waals surface area contributed by atoms with E-state index in [0.717, 1.165) is 24.2 Å². The molecule has 2 aromatic carbocycles. The fourth-order valence-corrected chi connectivity index (χ4v) is 5.36. The third-order valence-corrected chi connectivity index (χ3v) is 6.99. The molecule has 0 bridgehead atoms. The maximum Gasteiger partial charge on any atom is 0.264 e. The normalized spacial score (nSPS) is 24.8. The van der Waals surface area contributed by atoms with Gasteiger partial charge in [-0.25, -0.2) is 4.39 Å². The van der Waals surface area contributed by atoms with Gasteiger partial charge in [-0.3, -0.25) is 29.4 Å². The van der Waals surface area contributed by atoms with Crippen molar-refractivity contribution in [2.45, 2.75) is 44.1 Å². The van der Waals surface area contributed by atoms with E-state index < -0.39 is 35.5 Å². The van der Waals surface area contributed by atoms with Gasteiger partial charge in [0.05, 0.1) is 16.8 Å². The number of rotatable bonds is 5. The van der Waals surface area contributed by atoms with Crippen molar-refractivity contribution in [3.8, 4) is 0 Å². The first kappa shape index (κ1) is 21.3. The topological polar surface area (TPSA) is 95.6 Å². The number of piperidine rings is 1. The zero-order valence-corrected chi connectivity index (χ0v) is 18.0. The number of hydrogen-bond donors (Lipinski definition) is 2. The Morgan fingerprint density at radius 3 is 2.52 bits per heavy atom. The molecule has 33 heavy (non-hydrogen) atoms. The molecule has 7 nitrogen and oxygen atoms in total. The van der Waals surface area contributed by atoms with Gasteiger partial charge < -0.3 is 5.32 Å². The molecule has 2 N–H and O–H groups in total. The number of benzene rings is 2. The summed E-state index contributed by atoms with van der Waals surface area (Å²) in [4.78, 5) is 50.8. The van der Waals surface area contributed by atoms with Crippen molar-refractivity contribution in [1.82, 2.24) is 10.2 Å². The number of carbonyl (C=O) groups excluding carboxylic acids is 4. The van der Waals surface area contributed by atoms with Crippen LogP contribution in [0.15, 0.2) is 42.5 Å². The molecule has 2 fully saturated rings. The summed E-state index contributed by atoms with van der Waals surface area (Å²) in [5.41, 5.74) is 1.27. The molecule has 2 aliphatic heterocycles. The molecule has 3 aliphatic rings. The molecule has 8 heteroatoms. The van der Waals surface area contributed by atoms with Gasteiger partial charge in [-0.2, -0.15) is 0 Å². The van der Waals surface area contributed by atoms with Gasteiger partial charge >= 0.3 is 0 Å². The van der Waals surface area contributed by atoms with Gasteiger partial charge in [-0.15, -0.1) is 0 Å². The van der Waals surface area contributed by atoms with E-state index in [0.29, 0.717) is 12.5 Å². The largest absolute Gasteiger partial charge is 0.382 e. The van der Waals surface area contributed by atoms with Gasteiger partial charge in [0, 0.05) is 13.0 Å². The minimum Gasteiger partial charge on any atom is -0.382 e. The molecular weight excluding hydrogens is 425 g/mol. The average Bonchev–Trinajstić information content (AvgIpc) is 3.37. The standard InChI is InChI=1S/C25H24FN3O4/c26-18-10-9-17-21(25(33)29(24(17)32)19-11-12-20(30)28-23(19)31)22(18)27-13-15-7-4-8-16(15)14-5-2-1-3-6-14/h1-3,5-6,9-10,15-16,19,27H,4,7-8,11-13H2,(H,28,30,31). The number of fused-ring (bicyclic) bond motifs is 1. The number of nitrogens with zero attached hydrogens (tertiary/aromatic N) is 1. The SMILES string of the molecule is O=C1CCC(N2C(=O)c3ccc(F)c(NCC4CCCC4c4ccccc4)c3C2=O)C(=O)N1. The minimum atomic E-state index is -1.08. The number of anilines is 1. The van der Waals surface area contributed by atoms with Gasteiger partial charge in [0.1, 0.15) is 11.9 Å². The molecule has 0 aromatic heterocycles. The minimum absolute atomic E-state index is 0.000597. The second kappa shape index (κ2) is 8.42. The highest BCUT2D eigenvalue weighted by molar-refractivity contribution is 6.25. The number of carbonyl (C=O) groups is 4. The van der Waals surface area contributed by atoms with Crippen molar-refractivity contribution in [3.63, 3.8) is 0 Å². The van der Waals surface area contributed by atoms with E-state index in [1.807, 2.05) is 18.2 Å². The van der Waals surface area contributed by atoms with Crippen LogP contribution in [-0.2, 0) is 9.59 Å². The fourth-order valence-electron chi connectivity index (χ4n) is 5.36. The van der Waals surface area contributed by atoms with Gasteiger partial charge in [0.2, 0.25) is 11.8 Å². The molecule has 3 unspecified atom stereocenters. The molecule has 1 saturated heterocycles. The van der Waals surface area contributed by atoms with Gasteiger partial charge in [-0.1, -0.05) is 36.8 Å². The molecule has 170 valence electrons. The van der Waals surface area contributed by atoms with E-state index in [9.17, 15) is 23.6 Å². The van der Waals surface area contributed by atoms with Crippen LogP contribution in [0.2, 0.25) is 0 Å². The molecule has 0 radical (unpaired) electrons. The third kappa shape index (κ3) is 3.69. The second-order valence-corrected chi connectivity index (χ2v) is 8.88. The summed E-state index contributed by atoms with van der Waals surface area (Å²) >= 11 is 0. The van der Waals surface area contributed by atoms with E-state index >= 15 is 0 Å². The molecule has 5 rings (SSSR count). The molecule has 2 heterocycles. The Morgan fingerprint density at radius 1 is 0.970 bits per heavy atom. The van der Waals surface area contributed by atoms with Crippen LogP contribution in [0.1, 0.15) is 64.3 Å². The summed E-state index contributed by atoms with van der Waals surface area (Å²) in [7, 11) is 0. The van der Waals surface area contributed by atoms with E-state index in [4.69, 9.17) is 0 Å². The Labute approximate surface area is 190 Å². The van der Waals surface area contributed by atoms with Crippen molar-refractivity contribution in [2.24, 2.45) is 5.92 Å². The van der Waals surface area contributed by atoms with Crippen molar-refractivity contribution < 1.29 is 23.6 Å². The highest BCUT2D eigenvalue weighted by atomic mass is 19.1. The number of imide groups is 2. The van der Waals surface area contributed by atoms with Crippen LogP contribution in [0.5, 0.6) is 0 Å². The van der Waals surface area contributed by atoms with Crippen LogP contribution in [-0.4, -0.2) is 41.1 Å². The first-order valence-corrected chi connectivity index (χ1v) is 11.3. The van der Waals surface area contributed by atoms with Crippen LogP contribution in [0.3, 0.4) is 0 Å². The fraction of sp³-hybridized carbons (Fsp3) is 0.360. The van der Waals surface area contributed by atoms with Crippen molar-refractivity contribution >= 4 is 29.3 Å². The number of amides is 4. The Kier molecular flexibility index (Phi) is 5.44. The summed E-state index contributed by atoms with van der Waals surface area (Å²) in [5, 5.41) is 5.29. The molecular formula is C25H24FN3O4. The van der Waals surface area contributed by atoms with E-state index in [1.165, 1.54) is 17.7 Å². The van der Waals surface area contributed by atoms with Gasteiger partial charge in [-0.05, 0) is 48.8 Å². The Balaban J connectivity index is 1.39. The molecule has 1 saturated carbocycles. The lowest BCUT2D eigenvalue weighted by Gasteiger charge is -2.28. The lowest BCUT2D eigenvalue weighted by Crippen LogP contribution is -2.54. The van der Waals surface area contributed by atoms with Crippen LogP contribution in [0.4, 0.5) is 10.1 Å². The Hall–Kier alpha value is -3.55. The monoisotopic (exact) mass is 449 g/mol. The number of halogens is 1. The summed E-state index contributed by atoms with van der Waals surface area (Å²) in [6.07, 6.45) is 3.20. The zero-order chi connectivity index (χ0) is 23.1. The quantitative estimate of drug-likeness (QED) is 0.684. The lowest BCUT2D eigenvalue weighted by molar-refractivity contribution is -0.136. The maximum absolute atomic E-state index is 14.9. The highest BCUT2D eigenvalue weighted by Gasteiger charge is 2.46. The van der Waals surface area contributed by atoms with E-state index in [1.54, 1.807) is 0 Å². The second-order valence-electron chi connectivity index (χ2n) is 8.88. The summed E-state index contributed by atoms with van der Waals surface area (Å²) in [5.74, 6) is -2.49. The molecule has 2 aromatic rings. The van der Waals surface area contributed by atoms with Crippen LogP contribution in [0.25, 0.3) is 0 Å². The van der Waals surface area contributed by atoms with Gasteiger partial charge in [0.25, 0.3) is 11.8 Å². The highest BCUT2D eigenvalue weighted by Crippen LogP contribution is 2.40. The zero-order valence-electron chi connectivity index (χ0n) is 18.0. The van der Waals surface area contributed by atoms with Crippen LogP contribution in [0, 0.1) is 11.7 Å². The molecule has 4 amide bonds. The third-order valence-electron chi connectivity index (χ3n) is 6.99. The smallest absolute Gasteiger partial charge is 0.264 e. The van der Waals surface area contributed by atoms with Crippen molar-refractivity contribution in [2.75, 3.05) is 11.9 Å². The molecule has 0 spiro atoms.